The molecule has 0 bridgehead atoms. The molecule has 2 nitrogen and oxygen atoms in total. The van der Waals surface area contributed by atoms with E-state index in [0.717, 1.165) is 21.3 Å². The number of ketones is 1. The number of carbonyl (C=O) groups excluding carboxylic acids is 1. The molecule has 1 aromatic heterocycles. The van der Waals surface area contributed by atoms with Crippen molar-refractivity contribution < 1.29 is 9.53 Å². The molecule has 0 amide bonds. The van der Waals surface area contributed by atoms with Crippen molar-refractivity contribution >= 4 is 44.7 Å². The number of benzene rings is 1. The van der Waals surface area contributed by atoms with Crippen LogP contribution < -0.4 is 0 Å². The standard InChI is InChI=1S/C15H14BrClO2S/c1-3-10-4-5-14(20-10)15(18)11-7-12(16)9(8-19-2)6-13(11)17/h4-7H,3,8H2,1-2H3. The second-order valence-electron chi connectivity index (χ2n) is 4.31. The van der Waals surface area contributed by atoms with Gasteiger partial charge in [-0.3, -0.25) is 4.79 Å². The molecule has 1 heterocycles. The van der Waals surface area contributed by atoms with Crippen LogP contribution in [0.25, 0.3) is 0 Å². The predicted molar refractivity (Wildman–Crippen MR) is 87.0 cm³/mol. The van der Waals surface area contributed by atoms with Gasteiger partial charge in [0.05, 0.1) is 16.5 Å². The summed E-state index contributed by atoms with van der Waals surface area (Å²) in [5.74, 6) is -0.0376. The van der Waals surface area contributed by atoms with Crippen molar-refractivity contribution in [1.29, 1.82) is 0 Å². The molecular formula is C15H14BrClO2S. The Hall–Kier alpha value is -0.680. The van der Waals surface area contributed by atoms with Gasteiger partial charge in [-0.05, 0) is 36.2 Å². The van der Waals surface area contributed by atoms with Crippen LogP contribution in [0.5, 0.6) is 0 Å². The number of ether oxygens (including phenoxy) is 1. The maximum absolute atomic E-state index is 12.5. The van der Waals surface area contributed by atoms with Gasteiger partial charge >= 0.3 is 0 Å². The molecule has 1 aromatic carbocycles. The zero-order valence-electron chi connectivity index (χ0n) is 11.2. The van der Waals surface area contributed by atoms with E-state index in [4.69, 9.17) is 16.3 Å². The van der Waals surface area contributed by atoms with Gasteiger partial charge in [-0.2, -0.15) is 0 Å². The summed E-state index contributed by atoms with van der Waals surface area (Å²) < 4.78 is 5.93. The monoisotopic (exact) mass is 372 g/mol. The number of methoxy groups -OCH3 is 1. The van der Waals surface area contributed by atoms with Gasteiger partial charge in [0.1, 0.15) is 0 Å². The highest BCUT2D eigenvalue weighted by Gasteiger charge is 2.17. The molecule has 0 atom stereocenters. The number of thiophene rings is 1. The summed E-state index contributed by atoms with van der Waals surface area (Å²) in [6.07, 6.45) is 0.933. The summed E-state index contributed by atoms with van der Waals surface area (Å²) in [7, 11) is 1.62. The number of hydrogen-bond acceptors (Lipinski definition) is 3. The Kier molecular flexibility index (Phi) is 5.38. The third-order valence-electron chi connectivity index (χ3n) is 2.91. The third-order valence-corrected chi connectivity index (χ3v) is 5.19. The van der Waals surface area contributed by atoms with E-state index in [1.165, 1.54) is 16.2 Å². The molecule has 5 heteroatoms. The van der Waals surface area contributed by atoms with Crippen LogP contribution in [-0.2, 0) is 17.8 Å². The topological polar surface area (TPSA) is 26.3 Å². The number of halogens is 2. The molecule has 106 valence electrons. The SMILES string of the molecule is CCc1ccc(C(=O)c2cc(Br)c(COC)cc2Cl)s1. The molecule has 0 aliphatic rings. The largest absolute Gasteiger partial charge is 0.380 e. The summed E-state index contributed by atoms with van der Waals surface area (Å²) in [6, 6.07) is 7.39. The van der Waals surface area contributed by atoms with Crippen LogP contribution in [0.2, 0.25) is 5.02 Å². The Morgan fingerprint density at radius 3 is 2.75 bits per heavy atom. The van der Waals surface area contributed by atoms with Gasteiger partial charge < -0.3 is 4.74 Å². The summed E-state index contributed by atoms with van der Waals surface area (Å²) in [4.78, 5) is 14.4. The van der Waals surface area contributed by atoms with Gasteiger partial charge in [0.25, 0.3) is 0 Å². The molecule has 0 aliphatic heterocycles. The van der Waals surface area contributed by atoms with Crippen LogP contribution >= 0.6 is 38.9 Å². The summed E-state index contributed by atoms with van der Waals surface area (Å²) in [5, 5.41) is 0.455. The first-order valence-corrected chi connectivity index (χ1v) is 8.15. The van der Waals surface area contributed by atoms with Crippen LogP contribution in [0.3, 0.4) is 0 Å². The summed E-state index contributed by atoms with van der Waals surface area (Å²) in [5.41, 5.74) is 1.44. The first-order chi connectivity index (χ1) is 9.56. The fourth-order valence-electron chi connectivity index (χ4n) is 1.85. The van der Waals surface area contributed by atoms with E-state index in [1.54, 1.807) is 19.2 Å². The lowest BCUT2D eigenvalue weighted by Gasteiger charge is -2.08. The van der Waals surface area contributed by atoms with Crippen LogP contribution in [-0.4, -0.2) is 12.9 Å². The van der Waals surface area contributed by atoms with Gasteiger partial charge in [-0.1, -0.05) is 34.5 Å². The molecule has 0 N–H and O–H groups in total. The van der Waals surface area contributed by atoms with E-state index < -0.39 is 0 Å². The number of rotatable bonds is 5. The molecule has 2 rings (SSSR count). The summed E-state index contributed by atoms with van der Waals surface area (Å²) in [6.45, 7) is 2.52. The van der Waals surface area contributed by atoms with Crippen LogP contribution in [0.1, 0.15) is 32.6 Å². The molecule has 20 heavy (non-hydrogen) atoms. The van der Waals surface area contributed by atoms with Gasteiger partial charge in [0, 0.05) is 22.0 Å². The van der Waals surface area contributed by atoms with E-state index in [9.17, 15) is 4.79 Å². The van der Waals surface area contributed by atoms with Crippen LogP contribution in [0, 0.1) is 0 Å². The number of aryl methyl sites for hydroxylation is 1. The lowest BCUT2D eigenvalue weighted by Crippen LogP contribution is -2.01. The highest BCUT2D eigenvalue weighted by atomic mass is 79.9. The van der Waals surface area contributed by atoms with E-state index >= 15 is 0 Å². The zero-order chi connectivity index (χ0) is 14.7. The highest BCUT2D eigenvalue weighted by molar-refractivity contribution is 9.10. The lowest BCUT2D eigenvalue weighted by molar-refractivity contribution is 0.104. The van der Waals surface area contributed by atoms with Gasteiger partial charge in [0.2, 0.25) is 5.78 Å². The molecule has 0 aliphatic carbocycles. The van der Waals surface area contributed by atoms with Gasteiger partial charge in [-0.25, -0.2) is 0 Å². The zero-order valence-corrected chi connectivity index (χ0v) is 14.4. The average molecular weight is 374 g/mol. The molecule has 2 aromatic rings. The second kappa shape index (κ2) is 6.85. The van der Waals surface area contributed by atoms with Crippen molar-refractivity contribution in [2.75, 3.05) is 7.11 Å². The fourth-order valence-corrected chi connectivity index (χ4v) is 3.48. The van der Waals surface area contributed by atoms with Crippen molar-refractivity contribution in [1.82, 2.24) is 0 Å². The quantitative estimate of drug-likeness (QED) is 0.681. The fraction of sp³-hybridized carbons (Fsp3) is 0.267. The van der Waals surface area contributed by atoms with E-state index in [1.807, 2.05) is 12.1 Å². The Balaban J connectivity index is 2.37. The minimum Gasteiger partial charge on any atom is -0.380 e. The molecule has 0 fully saturated rings. The highest BCUT2D eigenvalue weighted by Crippen LogP contribution is 2.29. The molecule has 0 saturated carbocycles. The van der Waals surface area contributed by atoms with Crippen molar-refractivity contribution in [3.8, 4) is 0 Å². The van der Waals surface area contributed by atoms with Gasteiger partial charge in [0.15, 0.2) is 0 Å². The second-order valence-corrected chi connectivity index (χ2v) is 6.73. The lowest BCUT2D eigenvalue weighted by atomic mass is 10.1. The minimum absolute atomic E-state index is 0.0376. The number of hydrogen-bond donors (Lipinski definition) is 0. The molecule has 0 unspecified atom stereocenters. The first-order valence-electron chi connectivity index (χ1n) is 6.17. The molecular weight excluding hydrogens is 360 g/mol. The van der Waals surface area contributed by atoms with E-state index in [-0.39, 0.29) is 5.78 Å². The third kappa shape index (κ3) is 3.31. The van der Waals surface area contributed by atoms with Crippen molar-refractivity contribution in [3.63, 3.8) is 0 Å². The maximum atomic E-state index is 12.5. The minimum atomic E-state index is -0.0376. The predicted octanol–water partition coefficient (Wildman–Crippen LogP) is 5.10. The smallest absolute Gasteiger partial charge is 0.204 e. The average Bonchev–Trinajstić information content (AvgIpc) is 2.91. The number of carbonyl (C=O) groups is 1. The Morgan fingerprint density at radius 2 is 2.15 bits per heavy atom. The molecule has 0 saturated heterocycles. The first kappa shape index (κ1) is 15.7. The van der Waals surface area contributed by atoms with Crippen molar-refractivity contribution in [2.45, 2.75) is 20.0 Å². The van der Waals surface area contributed by atoms with E-state index in [0.29, 0.717) is 17.2 Å². The Bertz CT molecular complexity index is 637. The summed E-state index contributed by atoms with van der Waals surface area (Å²) >= 11 is 11.2. The van der Waals surface area contributed by atoms with E-state index in [2.05, 4.69) is 22.9 Å². The van der Waals surface area contributed by atoms with Crippen LogP contribution in [0.15, 0.2) is 28.7 Å². The Morgan fingerprint density at radius 1 is 1.40 bits per heavy atom. The van der Waals surface area contributed by atoms with Crippen molar-refractivity contribution in [3.05, 3.63) is 54.6 Å². The van der Waals surface area contributed by atoms with Gasteiger partial charge in [-0.15, -0.1) is 11.3 Å². The molecule has 0 radical (unpaired) electrons. The molecule has 0 spiro atoms. The normalized spacial score (nSPS) is 10.8. The maximum Gasteiger partial charge on any atom is 0.204 e. The van der Waals surface area contributed by atoms with Crippen molar-refractivity contribution in [2.24, 2.45) is 0 Å². The van der Waals surface area contributed by atoms with Crippen LogP contribution in [0.4, 0.5) is 0 Å². The Labute approximate surface area is 135 Å².